The van der Waals surface area contributed by atoms with Gasteiger partial charge in [-0.05, 0) is 51.3 Å². The van der Waals surface area contributed by atoms with E-state index in [2.05, 4.69) is 10.1 Å². The van der Waals surface area contributed by atoms with Gasteiger partial charge >= 0.3 is 5.97 Å². The molecule has 1 unspecified atom stereocenters. The quantitative estimate of drug-likeness (QED) is 0.572. The molecule has 1 aliphatic carbocycles. The first-order valence-corrected chi connectivity index (χ1v) is 11.7. The van der Waals surface area contributed by atoms with Gasteiger partial charge in [0.25, 0.3) is 0 Å². The summed E-state index contributed by atoms with van der Waals surface area (Å²) in [7, 11) is 1.25. The molecule has 0 bridgehead atoms. The van der Waals surface area contributed by atoms with Crippen molar-refractivity contribution in [1.82, 2.24) is 9.88 Å². The number of anilines is 1. The van der Waals surface area contributed by atoms with Crippen LogP contribution in [0.4, 0.5) is 5.69 Å². The maximum Gasteiger partial charge on any atom is 0.325 e. The van der Waals surface area contributed by atoms with Gasteiger partial charge in [-0.1, -0.05) is 31.0 Å². The minimum atomic E-state index is -0.793. The Hall–Kier alpha value is -3.42. The van der Waals surface area contributed by atoms with Crippen molar-refractivity contribution in [2.24, 2.45) is 0 Å². The Morgan fingerprint density at radius 2 is 1.85 bits per heavy atom. The topological polar surface area (TPSA) is 97.7 Å². The number of carbonyl (C=O) groups excluding carboxylic acids is 4. The maximum absolute atomic E-state index is 13.8. The fourth-order valence-electron chi connectivity index (χ4n) is 4.43. The molecule has 1 aromatic heterocycles. The van der Waals surface area contributed by atoms with E-state index in [1.165, 1.54) is 12.0 Å². The predicted molar refractivity (Wildman–Crippen MR) is 129 cm³/mol. The van der Waals surface area contributed by atoms with Crippen LogP contribution in [0.5, 0.6) is 0 Å². The average Bonchev–Trinajstić information content (AvgIpc) is 3.14. The molecule has 182 valence electrons. The van der Waals surface area contributed by atoms with Gasteiger partial charge in [-0.25, -0.2) is 0 Å². The summed E-state index contributed by atoms with van der Waals surface area (Å²) in [4.78, 5) is 52.4. The molecule has 0 radical (unpaired) electrons. The van der Waals surface area contributed by atoms with E-state index in [9.17, 15) is 19.2 Å². The molecule has 8 heteroatoms. The minimum Gasteiger partial charge on any atom is -0.468 e. The third kappa shape index (κ3) is 5.55. The van der Waals surface area contributed by atoms with Crippen LogP contribution in [0.3, 0.4) is 0 Å². The number of benzene rings is 1. The van der Waals surface area contributed by atoms with Crippen molar-refractivity contribution in [3.05, 3.63) is 52.8 Å². The predicted octanol–water partition coefficient (Wildman–Crippen LogP) is 3.12. The lowest BCUT2D eigenvalue weighted by atomic mass is 9.96. The number of rotatable bonds is 9. The number of carbonyl (C=O) groups is 4. The summed E-state index contributed by atoms with van der Waals surface area (Å²) >= 11 is 0. The fraction of sp³-hybridized carbons (Fsp3) is 0.462. The van der Waals surface area contributed by atoms with E-state index in [1.54, 1.807) is 0 Å². The van der Waals surface area contributed by atoms with Crippen LogP contribution in [0.15, 0.2) is 30.3 Å². The molecule has 3 rings (SSSR count). The number of ether oxygens (including phenoxy) is 1. The summed E-state index contributed by atoms with van der Waals surface area (Å²) in [6.07, 6.45) is 3.12. The zero-order valence-corrected chi connectivity index (χ0v) is 20.3. The van der Waals surface area contributed by atoms with Gasteiger partial charge in [0, 0.05) is 29.1 Å². The Morgan fingerprint density at radius 1 is 1.15 bits per heavy atom. The first kappa shape index (κ1) is 25.2. The van der Waals surface area contributed by atoms with Crippen LogP contribution in [0.2, 0.25) is 0 Å². The number of nitrogens with zero attached hydrogens (tertiary/aromatic N) is 2. The van der Waals surface area contributed by atoms with Crippen LogP contribution in [0.1, 0.15) is 59.9 Å². The van der Waals surface area contributed by atoms with Gasteiger partial charge in [0.15, 0.2) is 5.78 Å². The average molecular weight is 468 g/mol. The highest BCUT2D eigenvalue weighted by molar-refractivity contribution is 6.02. The van der Waals surface area contributed by atoms with Gasteiger partial charge in [0.1, 0.15) is 19.1 Å². The van der Waals surface area contributed by atoms with Crippen LogP contribution in [0, 0.1) is 13.8 Å². The second kappa shape index (κ2) is 11.1. The second-order valence-electron chi connectivity index (χ2n) is 8.71. The van der Waals surface area contributed by atoms with Gasteiger partial charge in [-0.15, -0.1) is 0 Å². The van der Waals surface area contributed by atoms with Crippen molar-refractivity contribution in [2.45, 2.75) is 65.5 Å². The third-order valence-electron chi connectivity index (χ3n) is 6.22. The summed E-state index contributed by atoms with van der Waals surface area (Å²) in [5.74, 6) is -1.12. The first-order chi connectivity index (χ1) is 16.3. The fourth-order valence-corrected chi connectivity index (χ4v) is 4.43. The summed E-state index contributed by atoms with van der Waals surface area (Å²) in [6, 6.07) is 8.50. The molecule has 0 fully saturated rings. The van der Waals surface area contributed by atoms with Crippen LogP contribution in [-0.4, -0.2) is 47.8 Å². The van der Waals surface area contributed by atoms with E-state index in [1.807, 2.05) is 55.7 Å². The number of esters is 1. The van der Waals surface area contributed by atoms with E-state index >= 15 is 0 Å². The molecule has 1 heterocycles. The molecule has 2 amide bonds. The molecule has 0 aliphatic heterocycles. The van der Waals surface area contributed by atoms with Crippen LogP contribution in [-0.2, 0) is 32.1 Å². The third-order valence-corrected chi connectivity index (χ3v) is 6.22. The second-order valence-corrected chi connectivity index (χ2v) is 8.71. The van der Waals surface area contributed by atoms with E-state index in [4.69, 9.17) is 0 Å². The summed E-state index contributed by atoms with van der Waals surface area (Å²) in [5.41, 5.74) is 4.07. The van der Waals surface area contributed by atoms with Gasteiger partial charge < -0.3 is 14.6 Å². The molecule has 1 N–H and O–H groups in total. The number of Topliss-reactive ketones (excluding diaryl/α,β-unsaturated/α-hetero) is 1. The molecular formula is C26H33N3O5. The molecule has 2 aromatic rings. The molecule has 0 saturated heterocycles. The summed E-state index contributed by atoms with van der Waals surface area (Å²) in [5, 5.41) is 2.60. The molecule has 1 aromatic carbocycles. The zero-order chi connectivity index (χ0) is 24.8. The lowest BCUT2D eigenvalue weighted by Gasteiger charge is -2.32. The number of aromatic nitrogens is 1. The number of amides is 2. The van der Waals surface area contributed by atoms with Gasteiger partial charge in [0.05, 0.1) is 7.11 Å². The Bertz CT molecular complexity index is 1070. The van der Waals surface area contributed by atoms with Crippen molar-refractivity contribution in [2.75, 3.05) is 18.6 Å². The van der Waals surface area contributed by atoms with Crippen molar-refractivity contribution in [1.29, 1.82) is 0 Å². The number of nitrogens with one attached hydrogen (secondary N) is 1. The Balaban J connectivity index is 1.96. The number of fused-ring (bicyclic) bond motifs is 1. The molecule has 1 aliphatic rings. The highest BCUT2D eigenvalue weighted by atomic mass is 16.5. The minimum absolute atomic E-state index is 0.0207. The van der Waals surface area contributed by atoms with Gasteiger partial charge in [-0.2, -0.15) is 0 Å². The van der Waals surface area contributed by atoms with Crippen LogP contribution < -0.4 is 10.2 Å². The molecular weight excluding hydrogens is 434 g/mol. The van der Waals surface area contributed by atoms with Crippen LogP contribution >= 0.6 is 0 Å². The van der Waals surface area contributed by atoms with Crippen molar-refractivity contribution in [3.8, 4) is 0 Å². The van der Waals surface area contributed by atoms with Crippen molar-refractivity contribution < 1.29 is 23.9 Å². The standard InChI is InChI=1S/C26H33N3O5/c1-5-7-22(26(33)27-15-25(32)34-4)29(19-12-10-17(2)11-13-19)24(31)16-28-18(3)14-20-21(28)8-6-9-23(20)30/h10-14,22H,5-9,15-16H2,1-4H3,(H,27,33). The summed E-state index contributed by atoms with van der Waals surface area (Å²) < 4.78 is 6.52. The van der Waals surface area contributed by atoms with Crippen LogP contribution in [0.25, 0.3) is 0 Å². The molecule has 8 nitrogen and oxygen atoms in total. The largest absolute Gasteiger partial charge is 0.468 e. The molecule has 0 spiro atoms. The smallest absolute Gasteiger partial charge is 0.325 e. The lowest BCUT2D eigenvalue weighted by Crippen LogP contribution is -2.51. The molecule has 1 atom stereocenters. The maximum atomic E-state index is 13.8. The number of ketones is 1. The van der Waals surface area contributed by atoms with E-state index < -0.39 is 17.9 Å². The van der Waals surface area contributed by atoms with Crippen molar-refractivity contribution >= 4 is 29.3 Å². The molecule has 0 saturated carbocycles. The van der Waals surface area contributed by atoms with E-state index in [0.717, 1.165) is 29.8 Å². The molecule has 34 heavy (non-hydrogen) atoms. The lowest BCUT2D eigenvalue weighted by molar-refractivity contribution is -0.141. The van der Waals surface area contributed by atoms with Crippen molar-refractivity contribution in [3.63, 3.8) is 0 Å². The normalized spacial score (nSPS) is 13.7. The summed E-state index contributed by atoms with van der Waals surface area (Å²) in [6.45, 7) is 5.54. The van der Waals surface area contributed by atoms with E-state index in [-0.39, 0.29) is 24.8 Å². The number of hydrogen-bond acceptors (Lipinski definition) is 5. The highest BCUT2D eigenvalue weighted by Crippen LogP contribution is 2.27. The Kier molecular flexibility index (Phi) is 8.26. The monoisotopic (exact) mass is 467 g/mol. The Labute approximate surface area is 200 Å². The SMILES string of the molecule is CCCC(C(=O)NCC(=O)OC)N(C(=O)Cn1c(C)cc2c1CCCC2=O)c1ccc(C)cc1. The van der Waals surface area contributed by atoms with Gasteiger partial charge in [-0.3, -0.25) is 24.1 Å². The number of methoxy groups -OCH3 is 1. The number of aryl methyl sites for hydroxylation is 2. The Morgan fingerprint density at radius 3 is 2.50 bits per heavy atom. The van der Waals surface area contributed by atoms with Gasteiger partial charge in [0.2, 0.25) is 11.8 Å². The zero-order valence-electron chi connectivity index (χ0n) is 20.3. The first-order valence-electron chi connectivity index (χ1n) is 11.7. The number of hydrogen-bond donors (Lipinski definition) is 1. The highest BCUT2D eigenvalue weighted by Gasteiger charge is 2.32. The van der Waals surface area contributed by atoms with E-state index in [0.29, 0.717) is 30.5 Å².